The van der Waals surface area contributed by atoms with Crippen molar-refractivity contribution in [1.29, 1.82) is 0 Å². The fourth-order valence-electron chi connectivity index (χ4n) is 6.54. The van der Waals surface area contributed by atoms with Crippen LogP contribution in [0.25, 0.3) is 0 Å². The number of fused-ring (bicyclic) bond motifs is 5. The highest BCUT2D eigenvalue weighted by molar-refractivity contribution is 6.10. The molecule has 5 atom stereocenters. The summed E-state index contributed by atoms with van der Waals surface area (Å²) in [6.45, 7) is 0. The number of hydrogen-bond donors (Lipinski definition) is 1. The van der Waals surface area contributed by atoms with Crippen LogP contribution in [0.1, 0.15) is 24.8 Å². The number of rotatable bonds is 8. The van der Waals surface area contributed by atoms with Crippen LogP contribution in [0.2, 0.25) is 0 Å². The third kappa shape index (κ3) is 4.32. The minimum absolute atomic E-state index is 0.177. The largest absolute Gasteiger partial charge is 0.493 e. The Morgan fingerprint density at radius 2 is 1.47 bits per heavy atom. The SMILES string of the molecule is COc1ccccc1Oc1ccc(NC(=O)[C@@H](Cc2ccccc2)N2C(=O)[C@H]3[C@@H]4CC[C@@H](C4)[C@@H]3C2=O)cc1. The molecule has 0 aromatic heterocycles. The molecule has 3 aliphatic rings. The fourth-order valence-corrected chi connectivity index (χ4v) is 6.54. The standard InChI is InChI=1S/C31H30N2O5/c1-37-25-9-5-6-10-26(25)38-23-15-13-22(14-16-23)32-29(34)24(17-19-7-3-2-4-8-19)33-30(35)27-20-11-12-21(18-20)28(27)31(33)36/h2-10,13-16,20-21,24,27-28H,11-12,17-18H2,1H3,(H,32,34)/t20-,21+,24-,27+,28+/m1/s1. The molecule has 1 N–H and O–H groups in total. The van der Waals surface area contributed by atoms with Crippen molar-refractivity contribution < 1.29 is 23.9 Å². The van der Waals surface area contributed by atoms with Crippen LogP contribution in [0, 0.1) is 23.7 Å². The van der Waals surface area contributed by atoms with Gasteiger partial charge in [0.2, 0.25) is 17.7 Å². The van der Waals surface area contributed by atoms with Crippen molar-refractivity contribution in [1.82, 2.24) is 4.90 Å². The smallest absolute Gasteiger partial charge is 0.248 e. The lowest BCUT2D eigenvalue weighted by Gasteiger charge is -2.27. The van der Waals surface area contributed by atoms with Crippen LogP contribution >= 0.6 is 0 Å². The van der Waals surface area contributed by atoms with Crippen molar-refractivity contribution in [2.24, 2.45) is 23.7 Å². The van der Waals surface area contributed by atoms with Crippen LogP contribution in [0.15, 0.2) is 78.9 Å². The molecule has 3 fully saturated rings. The number of hydrogen-bond acceptors (Lipinski definition) is 5. The van der Waals surface area contributed by atoms with E-state index in [0.717, 1.165) is 24.8 Å². The highest BCUT2D eigenvalue weighted by atomic mass is 16.5. The van der Waals surface area contributed by atoms with Crippen LogP contribution < -0.4 is 14.8 Å². The minimum atomic E-state index is -0.910. The predicted octanol–water partition coefficient (Wildman–Crippen LogP) is 5.07. The van der Waals surface area contributed by atoms with Gasteiger partial charge in [-0.1, -0.05) is 42.5 Å². The Balaban J connectivity index is 1.22. The number of carbonyl (C=O) groups excluding carboxylic acids is 3. The van der Waals surface area contributed by atoms with Crippen molar-refractivity contribution >= 4 is 23.4 Å². The summed E-state index contributed by atoms with van der Waals surface area (Å²) >= 11 is 0. The summed E-state index contributed by atoms with van der Waals surface area (Å²) in [5.41, 5.74) is 1.45. The van der Waals surface area contributed by atoms with E-state index in [1.807, 2.05) is 54.6 Å². The quantitative estimate of drug-likeness (QED) is 0.428. The summed E-state index contributed by atoms with van der Waals surface area (Å²) in [4.78, 5) is 42.0. The van der Waals surface area contributed by atoms with Gasteiger partial charge < -0.3 is 14.8 Å². The van der Waals surface area contributed by atoms with Gasteiger partial charge in [-0.3, -0.25) is 19.3 Å². The molecule has 0 spiro atoms. The summed E-state index contributed by atoms with van der Waals surface area (Å²) < 4.78 is 11.3. The molecular formula is C31H30N2O5. The lowest BCUT2D eigenvalue weighted by Crippen LogP contribution is -2.49. The minimum Gasteiger partial charge on any atom is -0.493 e. The number of para-hydroxylation sites is 2. The van der Waals surface area contributed by atoms with E-state index in [1.165, 1.54) is 4.90 Å². The molecule has 7 nitrogen and oxygen atoms in total. The van der Waals surface area contributed by atoms with Crippen molar-refractivity contribution in [3.05, 3.63) is 84.4 Å². The maximum Gasteiger partial charge on any atom is 0.248 e. The van der Waals surface area contributed by atoms with Gasteiger partial charge in [-0.2, -0.15) is 0 Å². The van der Waals surface area contributed by atoms with E-state index >= 15 is 0 Å². The number of amides is 3. The molecule has 3 aromatic rings. The van der Waals surface area contributed by atoms with E-state index in [4.69, 9.17) is 9.47 Å². The Morgan fingerprint density at radius 3 is 2.11 bits per heavy atom. The first-order chi connectivity index (χ1) is 18.5. The first kappa shape index (κ1) is 24.2. The zero-order valence-electron chi connectivity index (χ0n) is 21.2. The molecule has 0 unspecified atom stereocenters. The van der Waals surface area contributed by atoms with Crippen molar-refractivity contribution in [3.63, 3.8) is 0 Å². The van der Waals surface area contributed by atoms with Gasteiger partial charge in [0.05, 0.1) is 18.9 Å². The predicted molar refractivity (Wildman–Crippen MR) is 142 cm³/mol. The van der Waals surface area contributed by atoms with Gasteiger partial charge >= 0.3 is 0 Å². The van der Waals surface area contributed by atoms with Gasteiger partial charge in [0.15, 0.2) is 11.5 Å². The molecule has 2 aliphatic carbocycles. The second-order valence-corrected chi connectivity index (χ2v) is 10.4. The number of likely N-dealkylation sites (tertiary alicyclic amines) is 1. The molecule has 3 aromatic carbocycles. The average molecular weight is 511 g/mol. The summed E-state index contributed by atoms with van der Waals surface area (Å²) in [5.74, 6) is 1.06. The van der Waals surface area contributed by atoms with E-state index < -0.39 is 6.04 Å². The maximum absolute atomic E-state index is 13.6. The Morgan fingerprint density at radius 1 is 0.868 bits per heavy atom. The van der Waals surface area contributed by atoms with Gasteiger partial charge in [-0.25, -0.2) is 0 Å². The zero-order chi connectivity index (χ0) is 26.2. The van der Waals surface area contributed by atoms with Crippen molar-refractivity contribution in [3.8, 4) is 17.2 Å². The van der Waals surface area contributed by atoms with Crippen LogP contribution in [0.5, 0.6) is 17.2 Å². The molecule has 6 rings (SSSR count). The summed E-state index contributed by atoms with van der Waals surface area (Å²) in [5, 5.41) is 2.93. The van der Waals surface area contributed by atoms with Gasteiger partial charge in [-0.15, -0.1) is 0 Å². The normalized spacial score (nSPS) is 24.3. The molecule has 3 amide bonds. The molecule has 2 saturated carbocycles. The number of imide groups is 1. The number of carbonyl (C=O) groups is 3. The Hall–Kier alpha value is -4.13. The molecule has 1 heterocycles. The van der Waals surface area contributed by atoms with E-state index in [1.54, 1.807) is 31.4 Å². The highest BCUT2D eigenvalue weighted by Crippen LogP contribution is 2.56. The third-order valence-electron chi connectivity index (χ3n) is 8.27. The molecule has 38 heavy (non-hydrogen) atoms. The van der Waals surface area contributed by atoms with Crippen LogP contribution in [-0.4, -0.2) is 35.8 Å². The molecule has 7 heteroatoms. The Kier molecular flexibility index (Phi) is 6.35. The van der Waals surface area contributed by atoms with E-state index in [-0.39, 0.29) is 47.8 Å². The first-order valence-electron chi connectivity index (χ1n) is 13.2. The monoisotopic (exact) mass is 510 g/mol. The number of ether oxygens (including phenoxy) is 2. The summed E-state index contributed by atoms with van der Waals surface area (Å²) in [7, 11) is 1.58. The number of nitrogens with zero attached hydrogens (tertiary/aromatic N) is 1. The second-order valence-electron chi connectivity index (χ2n) is 10.4. The second kappa shape index (κ2) is 9.97. The number of nitrogens with one attached hydrogen (secondary N) is 1. The molecule has 2 bridgehead atoms. The van der Waals surface area contributed by atoms with Gasteiger partial charge in [0.1, 0.15) is 11.8 Å². The first-order valence-corrected chi connectivity index (χ1v) is 13.2. The highest BCUT2D eigenvalue weighted by Gasteiger charge is 2.62. The number of anilines is 1. The molecular weight excluding hydrogens is 480 g/mol. The lowest BCUT2D eigenvalue weighted by atomic mass is 9.81. The third-order valence-corrected chi connectivity index (χ3v) is 8.27. The average Bonchev–Trinajstić information content (AvgIpc) is 3.63. The number of methoxy groups -OCH3 is 1. The maximum atomic E-state index is 13.6. The van der Waals surface area contributed by atoms with E-state index in [2.05, 4.69) is 5.32 Å². The van der Waals surface area contributed by atoms with E-state index in [9.17, 15) is 14.4 Å². The summed E-state index contributed by atoms with van der Waals surface area (Å²) in [6.07, 6.45) is 3.22. The molecule has 1 aliphatic heterocycles. The Labute approximate surface area is 221 Å². The van der Waals surface area contributed by atoms with Crippen molar-refractivity contribution in [2.45, 2.75) is 31.7 Å². The lowest BCUT2D eigenvalue weighted by molar-refractivity contribution is -0.147. The summed E-state index contributed by atoms with van der Waals surface area (Å²) in [6, 6.07) is 23.0. The molecule has 0 radical (unpaired) electrons. The molecule has 1 saturated heterocycles. The molecule has 194 valence electrons. The number of benzene rings is 3. The van der Waals surface area contributed by atoms with Gasteiger partial charge in [0.25, 0.3) is 0 Å². The van der Waals surface area contributed by atoms with Gasteiger partial charge in [-0.05, 0) is 73.1 Å². The zero-order valence-corrected chi connectivity index (χ0v) is 21.2. The van der Waals surface area contributed by atoms with Crippen LogP contribution in [-0.2, 0) is 20.8 Å². The fraction of sp³-hybridized carbons (Fsp3) is 0.323. The van der Waals surface area contributed by atoms with Crippen LogP contribution in [0.4, 0.5) is 5.69 Å². The van der Waals surface area contributed by atoms with E-state index in [0.29, 0.717) is 22.9 Å². The Bertz CT molecular complexity index is 1330. The van der Waals surface area contributed by atoms with Gasteiger partial charge in [0, 0.05) is 12.1 Å². The van der Waals surface area contributed by atoms with Crippen LogP contribution in [0.3, 0.4) is 0 Å². The van der Waals surface area contributed by atoms with Crippen molar-refractivity contribution in [2.75, 3.05) is 12.4 Å². The topological polar surface area (TPSA) is 84.9 Å².